The van der Waals surface area contributed by atoms with E-state index in [1.54, 1.807) is 48.5 Å². The van der Waals surface area contributed by atoms with E-state index in [1.807, 2.05) is 25.1 Å². The van der Waals surface area contributed by atoms with E-state index in [4.69, 9.17) is 22.1 Å². The van der Waals surface area contributed by atoms with E-state index in [2.05, 4.69) is 16.0 Å². The number of thiophene rings is 1. The summed E-state index contributed by atoms with van der Waals surface area (Å²) in [5.41, 5.74) is 8.36. The third-order valence-electron chi connectivity index (χ3n) is 5.49. The highest BCUT2D eigenvalue weighted by molar-refractivity contribution is 7.21. The van der Waals surface area contributed by atoms with Crippen molar-refractivity contribution in [3.63, 3.8) is 0 Å². The fourth-order valence-corrected chi connectivity index (χ4v) is 4.83. The summed E-state index contributed by atoms with van der Waals surface area (Å²) < 4.78 is 5.71. The number of Topliss-reactive ketones (excluding diaryl/α,β-unsaturated/α-hetero) is 1. The van der Waals surface area contributed by atoms with Gasteiger partial charge in [0, 0.05) is 11.1 Å². The zero-order valence-electron chi connectivity index (χ0n) is 20.6. The summed E-state index contributed by atoms with van der Waals surface area (Å²) in [5.74, 6) is -0.554. The normalized spacial score (nSPS) is 10.5. The van der Waals surface area contributed by atoms with Crippen LogP contribution >= 0.6 is 22.9 Å². The first kappa shape index (κ1) is 26.7. The highest BCUT2D eigenvalue weighted by Crippen LogP contribution is 2.43. The zero-order chi connectivity index (χ0) is 27.2. The van der Waals surface area contributed by atoms with Crippen molar-refractivity contribution in [1.82, 2.24) is 0 Å². The number of amides is 2. The van der Waals surface area contributed by atoms with E-state index < -0.39 is 11.8 Å². The summed E-state index contributed by atoms with van der Waals surface area (Å²) >= 11 is 7.34. The number of benzene rings is 3. The molecule has 194 valence electrons. The van der Waals surface area contributed by atoms with Gasteiger partial charge in [-0.2, -0.15) is 0 Å². The SMILES string of the molecule is CCOc1ccccc1Nc1sc(NC(=O)c2cccc(C(C)=O)c2)c(N)c1C(=O)Nc1ccccc1Cl. The fourth-order valence-electron chi connectivity index (χ4n) is 3.63. The summed E-state index contributed by atoms with van der Waals surface area (Å²) in [7, 11) is 0. The Labute approximate surface area is 228 Å². The van der Waals surface area contributed by atoms with Gasteiger partial charge in [-0.25, -0.2) is 0 Å². The number of rotatable bonds is 9. The number of carbonyl (C=O) groups excluding carboxylic acids is 3. The molecule has 0 saturated carbocycles. The van der Waals surface area contributed by atoms with Gasteiger partial charge in [-0.1, -0.05) is 59.3 Å². The lowest BCUT2D eigenvalue weighted by Gasteiger charge is -2.13. The second-order valence-electron chi connectivity index (χ2n) is 8.13. The van der Waals surface area contributed by atoms with Crippen LogP contribution in [-0.2, 0) is 0 Å². The number of ether oxygens (including phenoxy) is 1. The molecular weight excluding hydrogens is 524 g/mol. The van der Waals surface area contributed by atoms with E-state index in [1.165, 1.54) is 13.0 Å². The van der Waals surface area contributed by atoms with Crippen molar-refractivity contribution >= 4 is 67.6 Å². The molecule has 1 heterocycles. The Morgan fingerprint density at radius 1 is 0.868 bits per heavy atom. The Morgan fingerprint density at radius 2 is 1.55 bits per heavy atom. The molecule has 1 aromatic heterocycles. The van der Waals surface area contributed by atoms with Gasteiger partial charge in [-0.05, 0) is 50.2 Å². The van der Waals surface area contributed by atoms with Gasteiger partial charge in [0.1, 0.15) is 15.8 Å². The first-order valence-electron chi connectivity index (χ1n) is 11.7. The average Bonchev–Trinajstić information content (AvgIpc) is 3.20. The first-order valence-corrected chi connectivity index (χ1v) is 12.9. The first-order chi connectivity index (χ1) is 18.3. The van der Waals surface area contributed by atoms with Crippen molar-refractivity contribution in [3.8, 4) is 5.75 Å². The largest absolute Gasteiger partial charge is 0.492 e. The summed E-state index contributed by atoms with van der Waals surface area (Å²) in [6.45, 7) is 3.75. The third kappa shape index (κ3) is 5.96. The molecule has 0 aliphatic rings. The van der Waals surface area contributed by atoms with Crippen LogP contribution in [0.5, 0.6) is 5.75 Å². The van der Waals surface area contributed by atoms with Gasteiger partial charge in [-0.15, -0.1) is 0 Å². The molecular formula is C28H25ClN4O4S. The minimum absolute atomic E-state index is 0.0759. The molecule has 0 radical (unpaired) electrons. The maximum absolute atomic E-state index is 13.4. The Hall–Kier alpha value is -4.34. The van der Waals surface area contributed by atoms with Gasteiger partial charge in [0.05, 0.1) is 34.3 Å². The summed E-state index contributed by atoms with van der Waals surface area (Å²) in [4.78, 5) is 38.2. The molecule has 0 aliphatic carbocycles. The number of hydrogen-bond acceptors (Lipinski definition) is 7. The molecule has 0 saturated heterocycles. The Balaban J connectivity index is 1.72. The van der Waals surface area contributed by atoms with E-state index in [0.29, 0.717) is 39.3 Å². The van der Waals surface area contributed by atoms with Crippen LogP contribution in [0, 0.1) is 0 Å². The minimum Gasteiger partial charge on any atom is -0.492 e. The Bertz CT molecular complexity index is 1520. The fraction of sp³-hybridized carbons (Fsp3) is 0.107. The molecule has 8 nitrogen and oxygen atoms in total. The number of hydrogen-bond donors (Lipinski definition) is 4. The van der Waals surface area contributed by atoms with Crippen molar-refractivity contribution in [3.05, 3.63) is 94.5 Å². The lowest BCUT2D eigenvalue weighted by atomic mass is 10.1. The van der Waals surface area contributed by atoms with E-state index >= 15 is 0 Å². The van der Waals surface area contributed by atoms with Gasteiger partial charge in [-0.3, -0.25) is 14.4 Å². The molecule has 4 rings (SSSR count). The van der Waals surface area contributed by atoms with Crippen molar-refractivity contribution < 1.29 is 19.1 Å². The molecule has 38 heavy (non-hydrogen) atoms. The summed E-state index contributed by atoms with van der Waals surface area (Å²) in [5, 5.41) is 9.82. The average molecular weight is 549 g/mol. The number of ketones is 1. The Morgan fingerprint density at radius 3 is 2.26 bits per heavy atom. The van der Waals surface area contributed by atoms with Crippen LogP contribution < -0.4 is 26.4 Å². The van der Waals surface area contributed by atoms with Crippen LogP contribution in [0.25, 0.3) is 0 Å². The van der Waals surface area contributed by atoms with Crippen molar-refractivity contribution in [2.24, 2.45) is 0 Å². The lowest BCUT2D eigenvalue weighted by Crippen LogP contribution is -2.16. The molecule has 0 bridgehead atoms. The van der Waals surface area contributed by atoms with Crippen LogP contribution in [0.3, 0.4) is 0 Å². The van der Waals surface area contributed by atoms with Crippen LogP contribution in [0.1, 0.15) is 44.9 Å². The molecule has 0 aliphatic heterocycles. The highest BCUT2D eigenvalue weighted by Gasteiger charge is 2.25. The lowest BCUT2D eigenvalue weighted by molar-refractivity contribution is 0.101. The maximum Gasteiger partial charge on any atom is 0.260 e. The van der Waals surface area contributed by atoms with Crippen LogP contribution in [0.4, 0.5) is 27.1 Å². The summed E-state index contributed by atoms with van der Waals surface area (Å²) in [6, 6.07) is 20.5. The maximum atomic E-state index is 13.4. The van der Waals surface area contributed by atoms with Gasteiger partial charge < -0.3 is 26.4 Å². The predicted molar refractivity (Wildman–Crippen MR) is 153 cm³/mol. The summed E-state index contributed by atoms with van der Waals surface area (Å²) in [6.07, 6.45) is 0. The number of carbonyl (C=O) groups is 3. The standard InChI is InChI=1S/C28H25ClN4O4S/c1-3-37-22-14-7-6-13-21(22)32-27-23(26(36)31-20-12-5-4-11-19(20)29)24(30)28(38-27)33-25(35)18-10-8-9-17(15-18)16(2)34/h4-15,32H,3,30H2,1-2H3,(H,31,36)(H,33,35). The molecule has 2 amide bonds. The van der Waals surface area contributed by atoms with Gasteiger partial charge in [0.15, 0.2) is 5.78 Å². The van der Waals surface area contributed by atoms with Crippen LogP contribution in [-0.4, -0.2) is 24.2 Å². The number of nitrogen functional groups attached to an aromatic ring is 1. The van der Waals surface area contributed by atoms with E-state index in [0.717, 1.165) is 11.3 Å². The molecule has 0 unspecified atom stereocenters. The molecule has 4 aromatic rings. The Kier molecular flexibility index (Phi) is 8.30. The predicted octanol–water partition coefficient (Wildman–Crippen LogP) is 6.83. The quantitative estimate of drug-likeness (QED) is 0.170. The number of nitrogens with two attached hydrogens (primary N) is 1. The molecule has 10 heteroatoms. The minimum atomic E-state index is -0.512. The van der Waals surface area contributed by atoms with Crippen molar-refractivity contribution in [2.45, 2.75) is 13.8 Å². The molecule has 0 spiro atoms. The topological polar surface area (TPSA) is 123 Å². The van der Waals surface area contributed by atoms with Gasteiger partial charge >= 0.3 is 0 Å². The zero-order valence-corrected chi connectivity index (χ0v) is 22.2. The van der Waals surface area contributed by atoms with Gasteiger partial charge in [0.25, 0.3) is 11.8 Å². The van der Waals surface area contributed by atoms with E-state index in [9.17, 15) is 14.4 Å². The monoisotopic (exact) mass is 548 g/mol. The second kappa shape index (κ2) is 11.8. The number of para-hydroxylation sites is 3. The number of halogens is 1. The van der Waals surface area contributed by atoms with E-state index in [-0.39, 0.29) is 27.6 Å². The van der Waals surface area contributed by atoms with Crippen molar-refractivity contribution in [1.29, 1.82) is 0 Å². The number of anilines is 5. The number of nitrogens with one attached hydrogen (secondary N) is 3. The highest BCUT2D eigenvalue weighted by atomic mass is 35.5. The van der Waals surface area contributed by atoms with Crippen molar-refractivity contribution in [2.75, 3.05) is 28.3 Å². The molecule has 0 atom stereocenters. The van der Waals surface area contributed by atoms with Crippen LogP contribution in [0.2, 0.25) is 5.02 Å². The molecule has 3 aromatic carbocycles. The molecule has 0 fully saturated rings. The van der Waals surface area contributed by atoms with Crippen LogP contribution in [0.15, 0.2) is 72.8 Å². The van der Waals surface area contributed by atoms with Gasteiger partial charge in [0.2, 0.25) is 0 Å². The second-order valence-corrected chi connectivity index (χ2v) is 9.56. The molecule has 5 N–H and O–H groups in total. The smallest absolute Gasteiger partial charge is 0.260 e. The third-order valence-corrected chi connectivity index (χ3v) is 6.85.